The Morgan fingerprint density at radius 1 is 0.938 bits per heavy atom. The lowest BCUT2D eigenvalue weighted by atomic mass is 9.86. The van der Waals surface area contributed by atoms with Gasteiger partial charge in [0.2, 0.25) is 11.8 Å². The number of nitrogens with zero attached hydrogens (tertiary/aromatic N) is 2. The first-order valence-electron chi connectivity index (χ1n) is 22.2. The van der Waals surface area contributed by atoms with E-state index in [4.69, 9.17) is 24.9 Å². The average Bonchev–Trinajstić information content (AvgIpc) is 3.68. The first kappa shape index (κ1) is 46.4. The number of aromatic nitrogens is 2. The fraction of sp³-hybridized carbons (Fsp3) is 0.388. The number of nitrogens with two attached hydrogens (primary N) is 1. The van der Waals surface area contributed by atoms with E-state index in [1.165, 1.54) is 0 Å². The van der Waals surface area contributed by atoms with Crippen molar-refractivity contribution in [3.8, 4) is 17.1 Å². The van der Waals surface area contributed by atoms with Crippen molar-refractivity contribution in [1.29, 1.82) is 0 Å². The Morgan fingerprint density at radius 3 is 2.46 bits per heavy atom. The summed E-state index contributed by atoms with van der Waals surface area (Å²) < 4.78 is 18.3. The number of unbranched alkanes of at least 4 members (excludes halogenated alkanes) is 1. The molecule has 7 N–H and O–H groups in total. The molecule has 0 unspecified atom stereocenters. The summed E-state index contributed by atoms with van der Waals surface area (Å²) in [4.78, 5) is 70.0. The summed E-state index contributed by atoms with van der Waals surface area (Å²) in [6.45, 7) is 5.30. The summed E-state index contributed by atoms with van der Waals surface area (Å²) in [5.74, 6) is -0.861. The van der Waals surface area contributed by atoms with Gasteiger partial charge in [0.1, 0.15) is 25.0 Å². The highest BCUT2D eigenvalue weighted by Gasteiger charge is 2.45. The van der Waals surface area contributed by atoms with E-state index in [-0.39, 0.29) is 42.2 Å². The van der Waals surface area contributed by atoms with Crippen LogP contribution in [0.4, 0.5) is 10.5 Å². The molecule has 0 saturated carbocycles. The molecule has 0 radical (unpaired) electrons. The maximum atomic E-state index is 13.7. The van der Waals surface area contributed by atoms with Gasteiger partial charge in [0.25, 0.3) is 5.56 Å². The number of anilines is 1. The van der Waals surface area contributed by atoms with E-state index in [1.54, 1.807) is 41.8 Å². The number of fused-ring (bicyclic) bond motifs is 5. The maximum absolute atomic E-state index is 13.7. The molecule has 0 saturated heterocycles. The number of ether oxygens (including phenoxy) is 3. The molecule has 65 heavy (non-hydrogen) atoms. The predicted molar refractivity (Wildman–Crippen MR) is 245 cm³/mol. The van der Waals surface area contributed by atoms with Gasteiger partial charge >= 0.3 is 12.1 Å². The maximum Gasteiger partial charge on any atom is 0.407 e. The average molecular weight is 888 g/mol. The molecule has 2 aliphatic rings. The number of esters is 1. The van der Waals surface area contributed by atoms with Crippen molar-refractivity contribution in [1.82, 2.24) is 25.5 Å². The number of benzene rings is 3. The van der Waals surface area contributed by atoms with Crippen LogP contribution in [0.3, 0.4) is 0 Å². The van der Waals surface area contributed by atoms with Crippen LogP contribution in [0.2, 0.25) is 0 Å². The van der Waals surface area contributed by atoms with Crippen molar-refractivity contribution in [3.63, 3.8) is 0 Å². The number of pyridine rings is 2. The van der Waals surface area contributed by atoms with Gasteiger partial charge in [-0.1, -0.05) is 56.3 Å². The van der Waals surface area contributed by atoms with Gasteiger partial charge < -0.3 is 50.9 Å². The van der Waals surface area contributed by atoms with Crippen LogP contribution in [-0.4, -0.2) is 77.4 Å². The van der Waals surface area contributed by atoms with E-state index in [9.17, 15) is 29.1 Å². The lowest BCUT2D eigenvalue weighted by Crippen LogP contribution is -2.50. The molecule has 2 aliphatic heterocycles. The van der Waals surface area contributed by atoms with Crippen molar-refractivity contribution in [2.75, 3.05) is 32.1 Å². The zero-order valence-electron chi connectivity index (χ0n) is 37.0. The van der Waals surface area contributed by atoms with Crippen LogP contribution in [0.1, 0.15) is 79.3 Å². The summed E-state index contributed by atoms with van der Waals surface area (Å²) in [6.07, 6.45) is 3.05. The lowest BCUT2D eigenvalue weighted by molar-refractivity contribution is -0.172. The first-order valence-corrected chi connectivity index (χ1v) is 22.2. The molecule has 16 nitrogen and oxygen atoms in total. The molecule has 7 rings (SSSR count). The molecular formula is C49H57N7O9. The van der Waals surface area contributed by atoms with Gasteiger partial charge in [-0.05, 0) is 112 Å². The Morgan fingerprint density at radius 2 is 1.72 bits per heavy atom. The fourth-order valence-electron chi connectivity index (χ4n) is 8.36. The third-order valence-corrected chi connectivity index (χ3v) is 12.0. The Bertz CT molecular complexity index is 2600. The minimum atomic E-state index is -1.89. The number of nitrogens with one attached hydrogen (secondary N) is 4. The van der Waals surface area contributed by atoms with Crippen LogP contribution in [-0.2, 0) is 62.1 Å². The normalized spacial score (nSPS) is 15.8. The molecule has 0 bridgehead atoms. The number of hydrogen-bond donors (Lipinski definition) is 6. The van der Waals surface area contributed by atoms with Gasteiger partial charge in [-0.2, -0.15) is 0 Å². The number of amides is 3. The highest BCUT2D eigenvalue weighted by Crippen LogP contribution is 2.40. The number of rotatable bonds is 20. The number of alkyl carbamates (subject to hydrolysis) is 1. The van der Waals surface area contributed by atoms with Crippen LogP contribution in [0.25, 0.3) is 22.3 Å². The summed E-state index contributed by atoms with van der Waals surface area (Å²) >= 11 is 0. The molecule has 3 atom stereocenters. The molecule has 5 aromatic rings. The van der Waals surface area contributed by atoms with Gasteiger partial charge in [0, 0.05) is 28.7 Å². The van der Waals surface area contributed by atoms with Crippen LogP contribution in [0.15, 0.2) is 83.7 Å². The summed E-state index contributed by atoms with van der Waals surface area (Å²) in [5, 5.41) is 23.7. The Labute approximate surface area is 377 Å². The van der Waals surface area contributed by atoms with Crippen molar-refractivity contribution in [2.45, 2.75) is 96.2 Å². The highest BCUT2D eigenvalue weighted by atomic mass is 16.6. The third-order valence-electron chi connectivity index (χ3n) is 12.0. The lowest BCUT2D eigenvalue weighted by Gasteiger charge is -2.31. The van der Waals surface area contributed by atoms with E-state index >= 15 is 0 Å². The van der Waals surface area contributed by atoms with Gasteiger partial charge in [-0.3, -0.25) is 14.4 Å². The van der Waals surface area contributed by atoms with E-state index in [0.717, 1.165) is 52.5 Å². The van der Waals surface area contributed by atoms with Crippen LogP contribution < -0.4 is 37.3 Å². The zero-order valence-corrected chi connectivity index (χ0v) is 37.0. The zero-order chi connectivity index (χ0) is 46.1. The van der Waals surface area contributed by atoms with Crippen LogP contribution in [0.5, 0.6) is 5.75 Å². The molecule has 3 aromatic carbocycles. The Kier molecular flexibility index (Phi) is 14.9. The molecule has 0 spiro atoms. The minimum Gasteiger partial charge on any atom is -0.494 e. The van der Waals surface area contributed by atoms with Crippen LogP contribution in [0, 0.1) is 0 Å². The molecule has 0 aliphatic carbocycles. The monoisotopic (exact) mass is 887 g/mol. The number of hydrogen-bond acceptors (Lipinski definition) is 12. The molecule has 3 amide bonds. The molecule has 0 fully saturated rings. The second-order valence-electron chi connectivity index (χ2n) is 16.4. The summed E-state index contributed by atoms with van der Waals surface area (Å²) in [5.41, 5.74) is 10.6. The van der Waals surface area contributed by atoms with E-state index in [2.05, 4.69) is 21.3 Å². The molecule has 16 heteroatoms. The fourth-order valence-corrected chi connectivity index (χ4v) is 8.36. The summed E-state index contributed by atoms with van der Waals surface area (Å²) in [6, 6.07) is 22.2. The first-order chi connectivity index (χ1) is 31.4. The quantitative estimate of drug-likeness (QED) is 0.0453. The van der Waals surface area contributed by atoms with Crippen molar-refractivity contribution >= 4 is 40.5 Å². The Hall–Kier alpha value is -6.62. The number of cyclic esters (lactones) is 1. The van der Waals surface area contributed by atoms with E-state index in [0.29, 0.717) is 68.2 Å². The standard InChI is InChI=1S/C49H57N7O9/c1-4-34-35-25-33(19-20-40(35)54-43-36(34)27-56-42(43)26-38-37(46(56)59)29-64-47(60)49(38,62)5-2)63-23-11-22-52-48(61)65-28-31-15-17-32(18-16-31)53-45(58)41(14-9-10-21-51-3)55-44(57)39(50)24-30-12-7-6-8-13-30/h6-8,12-13,15-20,25-26,39,41,51,62H,4-5,9-11,14,21-24,27-29,50H2,1-3H3,(H,52,61)(H,53,58)(H,55,57)/t39-,41-,49-/m0/s1. The number of aryl methyl sites for hydroxylation is 1. The second kappa shape index (κ2) is 20.9. The number of carbonyl (C=O) groups is 4. The SMILES string of the molecule is CCc1c2c(nc3ccc(OCCCNC(=O)OCc4ccc(NC(=O)[C@H](CCCCNC)NC(=O)[C@@H](N)Cc5ccccc5)cc4)cc13)-c1cc3c(c(=O)n1C2)COC(=O)[C@]3(O)CC. The molecule has 4 heterocycles. The van der Waals surface area contributed by atoms with E-state index < -0.39 is 35.7 Å². The van der Waals surface area contributed by atoms with Gasteiger partial charge in [-0.25, -0.2) is 14.6 Å². The molecule has 2 aromatic heterocycles. The third kappa shape index (κ3) is 10.5. The predicted octanol–water partition coefficient (Wildman–Crippen LogP) is 4.72. The highest BCUT2D eigenvalue weighted by molar-refractivity contribution is 5.98. The van der Waals surface area contributed by atoms with Gasteiger partial charge in [0.15, 0.2) is 5.60 Å². The number of carbonyl (C=O) groups excluding carboxylic acids is 4. The van der Waals surface area contributed by atoms with Crippen molar-refractivity contribution < 1.29 is 38.5 Å². The van der Waals surface area contributed by atoms with Crippen LogP contribution >= 0.6 is 0 Å². The Balaban J connectivity index is 0.873. The topological polar surface area (TPSA) is 225 Å². The second-order valence-corrected chi connectivity index (χ2v) is 16.4. The van der Waals surface area contributed by atoms with Gasteiger partial charge in [-0.15, -0.1) is 0 Å². The minimum absolute atomic E-state index is 0.0195. The molecular weight excluding hydrogens is 831 g/mol. The summed E-state index contributed by atoms with van der Waals surface area (Å²) in [7, 11) is 1.87. The van der Waals surface area contributed by atoms with E-state index in [1.807, 2.05) is 62.5 Å². The van der Waals surface area contributed by atoms with Crippen molar-refractivity contribution in [2.24, 2.45) is 5.73 Å². The smallest absolute Gasteiger partial charge is 0.407 e. The number of aliphatic hydroxyl groups is 1. The molecule has 342 valence electrons. The van der Waals surface area contributed by atoms with Gasteiger partial charge in [0.05, 0.1) is 41.7 Å². The largest absolute Gasteiger partial charge is 0.494 e. The van der Waals surface area contributed by atoms with Crippen molar-refractivity contribution in [3.05, 3.63) is 123 Å².